The minimum atomic E-state index is 0.971. The lowest BCUT2D eigenvalue weighted by molar-refractivity contribution is 1.07. The number of nitrogens with zero attached hydrogens (tertiary/aromatic N) is 1. The van der Waals surface area contributed by atoms with Gasteiger partial charge in [-0.2, -0.15) is 0 Å². The Bertz CT molecular complexity index is 388. The van der Waals surface area contributed by atoms with Crippen molar-refractivity contribution in [2.45, 2.75) is 13.8 Å². The summed E-state index contributed by atoms with van der Waals surface area (Å²) in [6.07, 6.45) is 8.43. The Morgan fingerprint density at radius 3 is 2.57 bits per heavy atom. The molecule has 0 amide bonds. The topological polar surface area (TPSA) is 3.24 Å². The molecule has 14 heavy (non-hydrogen) atoms. The molecule has 0 N–H and O–H groups in total. The van der Waals surface area contributed by atoms with E-state index >= 15 is 0 Å². The molecule has 0 saturated carbocycles. The first-order chi connectivity index (χ1) is 6.77. The van der Waals surface area contributed by atoms with Crippen molar-refractivity contribution in [2.24, 2.45) is 0 Å². The normalized spacial score (nSPS) is 14.9. The fourth-order valence-electron chi connectivity index (χ4n) is 1.56. The molecule has 0 fully saturated rings. The Morgan fingerprint density at radius 2 is 1.93 bits per heavy atom. The molecule has 0 bridgehead atoms. The van der Waals surface area contributed by atoms with E-state index in [2.05, 4.69) is 61.4 Å². The van der Waals surface area contributed by atoms with Gasteiger partial charge in [0.05, 0.1) is 0 Å². The van der Waals surface area contributed by atoms with Gasteiger partial charge in [-0.1, -0.05) is 18.2 Å². The molecule has 0 aliphatic carbocycles. The molecule has 2 rings (SSSR count). The average molecular weight is 185 g/mol. The Hall–Kier alpha value is -1.50. The van der Waals surface area contributed by atoms with Crippen molar-refractivity contribution in [3.05, 3.63) is 53.8 Å². The quantitative estimate of drug-likeness (QED) is 0.649. The lowest BCUT2D eigenvalue weighted by Gasteiger charge is -2.21. The largest absolute Gasteiger partial charge is 0.344 e. The Labute approximate surface area is 85.4 Å². The summed E-state index contributed by atoms with van der Waals surface area (Å²) in [5.74, 6) is 0. The van der Waals surface area contributed by atoms with Crippen LogP contribution in [-0.2, 0) is 0 Å². The van der Waals surface area contributed by atoms with Gasteiger partial charge in [0, 0.05) is 18.4 Å². The molecule has 1 nitrogen and oxygen atoms in total. The zero-order valence-electron chi connectivity index (χ0n) is 8.70. The fraction of sp³-hybridized carbons (Fsp3) is 0.231. The Kier molecular flexibility index (Phi) is 2.40. The lowest BCUT2D eigenvalue weighted by Crippen LogP contribution is -2.17. The number of anilines is 1. The van der Waals surface area contributed by atoms with Crippen LogP contribution in [0, 0.1) is 13.8 Å². The first kappa shape index (κ1) is 9.07. The minimum absolute atomic E-state index is 0.971. The Balaban J connectivity index is 2.28. The minimum Gasteiger partial charge on any atom is -0.344 e. The number of rotatable bonds is 1. The average Bonchev–Trinajstić information content (AvgIpc) is 2.23. The smallest absolute Gasteiger partial charge is 0.0411 e. The van der Waals surface area contributed by atoms with Gasteiger partial charge >= 0.3 is 0 Å². The summed E-state index contributed by atoms with van der Waals surface area (Å²) in [6.45, 7) is 5.27. The third-order valence-electron chi connectivity index (χ3n) is 2.64. The van der Waals surface area contributed by atoms with Crippen LogP contribution in [-0.4, -0.2) is 6.54 Å². The van der Waals surface area contributed by atoms with Crippen LogP contribution in [0.25, 0.3) is 0 Å². The number of hydrogen-bond acceptors (Lipinski definition) is 1. The van der Waals surface area contributed by atoms with Gasteiger partial charge in [0.15, 0.2) is 0 Å². The van der Waals surface area contributed by atoms with Gasteiger partial charge in [0.25, 0.3) is 0 Å². The second-order valence-corrected chi connectivity index (χ2v) is 3.69. The van der Waals surface area contributed by atoms with Crippen LogP contribution in [0.4, 0.5) is 5.69 Å². The van der Waals surface area contributed by atoms with E-state index in [1.807, 2.05) is 0 Å². The van der Waals surface area contributed by atoms with Gasteiger partial charge in [-0.25, -0.2) is 0 Å². The predicted molar refractivity (Wildman–Crippen MR) is 61.5 cm³/mol. The summed E-state index contributed by atoms with van der Waals surface area (Å²) in [5.41, 5.74) is 3.98. The molecule has 0 atom stereocenters. The lowest BCUT2D eigenvalue weighted by atomic mass is 10.1. The summed E-state index contributed by atoms with van der Waals surface area (Å²) in [6, 6.07) is 6.58. The highest BCUT2D eigenvalue weighted by molar-refractivity contribution is 5.54. The summed E-state index contributed by atoms with van der Waals surface area (Å²) in [7, 11) is 0. The van der Waals surface area contributed by atoms with Crippen molar-refractivity contribution in [1.29, 1.82) is 0 Å². The predicted octanol–water partition coefficient (Wildman–Crippen LogP) is 3.19. The van der Waals surface area contributed by atoms with Crippen molar-refractivity contribution in [3.63, 3.8) is 0 Å². The summed E-state index contributed by atoms with van der Waals surface area (Å²) in [4.78, 5) is 2.24. The van der Waals surface area contributed by atoms with E-state index in [1.54, 1.807) is 0 Å². The highest BCUT2D eigenvalue weighted by Gasteiger charge is 2.03. The first-order valence-electron chi connectivity index (χ1n) is 4.94. The number of hydrogen-bond donors (Lipinski definition) is 0. The molecule has 1 aromatic rings. The van der Waals surface area contributed by atoms with Crippen LogP contribution < -0.4 is 4.90 Å². The molecule has 1 heterocycles. The van der Waals surface area contributed by atoms with Crippen molar-refractivity contribution in [2.75, 3.05) is 11.4 Å². The Morgan fingerprint density at radius 1 is 1.07 bits per heavy atom. The molecule has 1 aliphatic heterocycles. The fourth-order valence-corrected chi connectivity index (χ4v) is 1.56. The number of allylic oxidation sites excluding steroid dienone is 2. The highest BCUT2D eigenvalue weighted by atomic mass is 15.1. The van der Waals surface area contributed by atoms with Crippen LogP contribution >= 0.6 is 0 Å². The molecule has 0 radical (unpaired) electrons. The van der Waals surface area contributed by atoms with Gasteiger partial charge in [0.1, 0.15) is 0 Å². The van der Waals surface area contributed by atoms with E-state index in [1.165, 1.54) is 16.8 Å². The van der Waals surface area contributed by atoms with Gasteiger partial charge in [-0.05, 0) is 43.2 Å². The molecule has 1 aliphatic rings. The molecule has 0 unspecified atom stereocenters. The van der Waals surface area contributed by atoms with Gasteiger partial charge in [-0.3, -0.25) is 0 Å². The van der Waals surface area contributed by atoms with Crippen molar-refractivity contribution >= 4 is 5.69 Å². The molecule has 0 spiro atoms. The monoisotopic (exact) mass is 185 g/mol. The van der Waals surface area contributed by atoms with E-state index in [9.17, 15) is 0 Å². The van der Waals surface area contributed by atoms with E-state index in [0.29, 0.717) is 0 Å². The van der Waals surface area contributed by atoms with Gasteiger partial charge in [0.2, 0.25) is 0 Å². The molecule has 1 aromatic carbocycles. The van der Waals surface area contributed by atoms with Crippen LogP contribution in [0.2, 0.25) is 0 Å². The van der Waals surface area contributed by atoms with Crippen molar-refractivity contribution in [1.82, 2.24) is 0 Å². The van der Waals surface area contributed by atoms with Crippen LogP contribution in [0.15, 0.2) is 42.6 Å². The molecule has 0 saturated heterocycles. The SMILES string of the molecule is Cc1ccc(N2C=CC=CC2)cc1C. The summed E-state index contributed by atoms with van der Waals surface area (Å²) >= 11 is 0. The van der Waals surface area contributed by atoms with Gasteiger partial charge < -0.3 is 4.90 Å². The molecule has 1 heteroatoms. The third kappa shape index (κ3) is 1.72. The maximum Gasteiger partial charge on any atom is 0.0411 e. The summed E-state index contributed by atoms with van der Waals surface area (Å²) in [5, 5.41) is 0. The maximum atomic E-state index is 2.24. The zero-order chi connectivity index (χ0) is 9.97. The van der Waals surface area contributed by atoms with E-state index in [-0.39, 0.29) is 0 Å². The molecule has 72 valence electrons. The third-order valence-corrected chi connectivity index (χ3v) is 2.64. The van der Waals surface area contributed by atoms with Crippen LogP contribution in [0.3, 0.4) is 0 Å². The van der Waals surface area contributed by atoms with Crippen LogP contribution in [0.5, 0.6) is 0 Å². The van der Waals surface area contributed by atoms with Crippen LogP contribution in [0.1, 0.15) is 11.1 Å². The van der Waals surface area contributed by atoms with E-state index in [0.717, 1.165) is 6.54 Å². The second kappa shape index (κ2) is 3.70. The van der Waals surface area contributed by atoms with Gasteiger partial charge in [-0.15, -0.1) is 0 Å². The molecule has 0 aromatic heterocycles. The maximum absolute atomic E-state index is 2.24. The van der Waals surface area contributed by atoms with E-state index in [4.69, 9.17) is 0 Å². The molecular formula is C13H15N. The first-order valence-corrected chi connectivity index (χ1v) is 4.94. The van der Waals surface area contributed by atoms with Crippen molar-refractivity contribution in [3.8, 4) is 0 Å². The zero-order valence-corrected chi connectivity index (χ0v) is 8.70. The number of benzene rings is 1. The highest BCUT2D eigenvalue weighted by Crippen LogP contribution is 2.20. The molecular weight excluding hydrogens is 170 g/mol. The standard InChI is InChI=1S/C13H15N/c1-11-6-7-13(10-12(11)2)14-8-4-3-5-9-14/h3-8,10H,9H2,1-2H3. The second-order valence-electron chi connectivity index (χ2n) is 3.69. The van der Waals surface area contributed by atoms with E-state index < -0.39 is 0 Å². The van der Waals surface area contributed by atoms with Crippen molar-refractivity contribution < 1.29 is 0 Å². The number of aryl methyl sites for hydroxylation is 2. The summed E-state index contributed by atoms with van der Waals surface area (Å²) < 4.78 is 0.